The van der Waals surface area contributed by atoms with E-state index in [2.05, 4.69) is 4.98 Å². The summed E-state index contributed by atoms with van der Waals surface area (Å²) in [5, 5.41) is 0.354. The van der Waals surface area contributed by atoms with Gasteiger partial charge in [0.05, 0.1) is 16.5 Å². The van der Waals surface area contributed by atoms with Gasteiger partial charge in [-0.25, -0.2) is 9.59 Å². The first-order valence-corrected chi connectivity index (χ1v) is 8.25. The molecule has 26 heavy (non-hydrogen) atoms. The van der Waals surface area contributed by atoms with Crippen molar-refractivity contribution in [1.82, 2.24) is 9.55 Å². The molecular weight excluding hydrogens is 332 g/mol. The van der Waals surface area contributed by atoms with E-state index < -0.39 is 11.7 Å². The highest BCUT2D eigenvalue weighted by atomic mass is 16.5. The number of hydrogen-bond donors (Lipinski definition) is 1. The van der Waals surface area contributed by atoms with Gasteiger partial charge in [0.2, 0.25) is 0 Å². The molecule has 0 radical (unpaired) electrons. The fourth-order valence-electron chi connectivity index (χ4n) is 2.62. The van der Waals surface area contributed by atoms with Crippen LogP contribution in [0, 0.1) is 0 Å². The Bertz CT molecular complexity index is 1080. The van der Waals surface area contributed by atoms with Gasteiger partial charge in [-0.2, -0.15) is 0 Å². The molecule has 6 nitrogen and oxygen atoms in total. The first-order valence-electron chi connectivity index (χ1n) is 8.25. The van der Waals surface area contributed by atoms with Crippen LogP contribution >= 0.6 is 0 Å². The van der Waals surface area contributed by atoms with Gasteiger partial charge in [-0.15, -0.1) is 0 Å². The van der Waals surface area contributed by atoms with E-state index in [4.69, 9.17) is 4.74 Å². The summed E-state index contributed by atoms with van der Waals surface area (Å²) in [7, 11) is 0. The van der Waals surface area contributed by atoms with Gasteiger partial charge in [-0.3, -0.25) is 9.36 Å². The van der Waals surface area contributed by atoms with Crippen LogP contribution in [0.2, 0.25) is 0 Å². The molecule has 3 aromatic rings. The van der Waals surface area contributed by atoms with E-state index in [-0.39, 0.29) is 24.3 Å². The van der Waals surface area contributed by atoms with Gasteiger partial charge in [0.1, 0.15) is 6.61 Å². The number of benzene rings is 2. The van der Waals surface area contributed by atoms with Crippen molar-refractivity contribution in [1.29, 1.82) is 0 Å². The number of aromatic amines is 1. The third-order valence-corrected chi connectivity index (χ3v) is 3.95. The number of fused-ring (bicyclic) bond motifs is 1. The van der Waals surface area contributed by atoms with E-state index in [1.807, 2.05) is 36.4 Å². The number of H-pyrrole nitrogens is 1. The maximum Gasteiger partial charge on any atom is 0.338 e. The van der Waals surface area contributed by atoms with Crippen LogP contribution in [0.4, 0.5) is 0 Å². The molecule has 1 N–H and O–H groups in total. The SMILES string of the molecule is CCn1c(=O)[nH]c2cc(C(=O)OC/C=C/c3ccccc3)ccc2c1=O. The topological polar surface area (TPSA) is 81.2 Å². The quantitative estimate of drug-likeness (QED) is 0.717. The van der Waals surface area contributed by atoms with Gasteiger partial charge in [-0.1, -0.05) is 36.4 Å². The molecule has 3 rings (SSSR count). The largest absolute Gasteiger partial charge is 0.458 e. The molecule has 132 valence electrons. The second-order valence-electron chi connectivity index (χ2n) is 5.65. The van der Waals surface area contributed by atoms with Crippen molar-refractivity contribution in [3.8, 4) is 0 Å². The zero-order valence-corrected chi connectivity index (χ0v) is 14.3. The monoisotopic (exact) mass is 350 g/mol. The first-order chi connectivity index (χ1) is 12.6. The number of ether oxygens (including phenoxy) is 1. The van der Waals surface area contributed by atoms with E-state index in [0.29, 0.717) is 10.9 Å². The maximum absolute atomic E-state index is 12.2. The fraction of sp³-hybridized carbons (Fsp3) is 0.150. The van der Waals surface area contributed by atoms with Crippen molar-refractivity contribution in [2.45, 2.75) is 13.5 Å². The van der Waals surface area contributed by atoms with Crippen LogP contribution in [0.1, 0.15) is 22.8 Å². The number of aromatic nitrogens is 2. The Labute approximate surface area is 149 Å². The van der Waals surface area contributed by atoms with Gasteiger partial charge in [0.25, 0.3) is 5.56 Å². The second-order valence-corrected chi connectivity index (χ2v) is 5.65. The van der Waals surface area contributed by atoms with Gasteiger partial charge in [0, 0.05) is 6.54 Å². The van der Waals surface area contributed by atoms with E-state index in [1.165, 1.54) is 18.2 Å². The molecule has 1 aromatic heterocycles. The van der Waals surface area contributed by atoms with Crippen LogP contribution in [-0.4, -0.2) is 22.1 Å². The van der Waals surface area contributed by atoms with Crippen LogP contribution < -0.4 is 11.2 Å². The highest BCUT2D eigenvalue weighted by Crippen LogP contribution is 2.10. The Hall–Kier alpha value is -3.41. The molecule has 0 amide bonds. The summed E-state index contributed by atoms with van der Waals surface area (Å²) in [4.78, 5) is 38.9. The van der Waals surface area contributed by atoms with Gasteiger partial charge < -0.3 is 9.72 Å². The minimum Gasteiger partial charge on any atom is -0.458 e. The maximum atomic E-state index is 12.2. The van der Waals surface area contributed by atoms with Gasteiger partial charge in [0.15, 0.2) is 0 Å². The number of nitrogens with one attached hydrogen (secondary N) is 1. The van der Waals surface area contributed by atoms with Crippen LogP contribution in [0.5, 0.6) is 0 Å². The molecular formula is C20H18N2O4. The summed E-state index contributed by atoms with van der Waals surface area (Å²) in [6, 6.07) is 14.2. The van der Waals surface area contributed by atoms with E-state index in [9.17, 15) is 14.4 Å². The van der Waals surface area contributed by atoms with Crippen molar-refractivity contribution in [3.05, 3.63) is 86.6 Å². The zero-order valence-electron chi connectivity index (χ0n) is 14.3. The standard InChI is InChI=1S/C20H18N2O4/c1-2-22-18(23)16-11-10-15(13-17(16)21-20(22)25)19(24)26-12-6-9-14-7-4-3-5-8-14/h3-11,13H,2,12H2,1H3,(H,21,25)/b9-6+. The fourth-order valence-corrected chi connectivity index (χ4v) is 2.62. The normalized spacial score (nSPS) is 11.1. The number of nitrogens with zero attached hydrogens (tertiary/aromatic N) is 1. The summed E-state index contributed by atoms with van der Waals surface area (Å²) >= 11 is 0. The Kier molecular flexibility index (Phi) is 5.12. The summed E-state index contributed by atoms with van der Waals surface area (Å²) in [6.07, 6.45) is 3.61. The van der Waals surface area contributed by atoms with E-state index in [0.717, 1.165) is 10.1 Å². The predicted octanol–water partition coefficient (Wildman–Crippen LogP) is 2.58. The van der Waals surface area contributed by atoms with Gasteiger partial charge in [-0.05, 0) is 36.8 Å². The van der Waals surface area contributed by atoms with E-state index >= 15 is 0 Å². The molecule has 2 aromatic carbocycles. The highest BCUT2D eigenvalue weighted by Gasteiger charge is 2.11. The molecule has 0 unspecified atom stereocenters. The smallest absolute Gasteiger partial charge is 0.338 e. The summed E-state index contributed by atoms with van der Waals surface area (Å²) in [6.45, 7) is 2.12. The molecule has 0 aliphatic rings. The van der Waals surface area contributed by atoms with Crippen molar-refractivity contribution < 1.29 is 9.53 Å². The lowest BCUT2D eigenvalue weighted by Crippen LogP contribution is -2.34. The first kappa shape index (κ1) is 17.4. The minimum absolute atomic E-state index is 0.125. The summed E-state index contributed by atoms with van der Waals surface area (Å²) in [5.74, 6) is -0.523. The lowest BCUT2D eigenvalue weighted by Gasteiger charge is -2.06. The third kappa shape index (κ3) is 3.64. The van der Waals surface area contributed by atoms with Crippen LogP contribution in [0.15, 0.2) is 64.2 Å². The lowest BCUT2D eigenvalue weighted by molar-refractivity contribution is 0.0550. The van der Waals surface area contributed by atoms with Crippen molar-refractivity contribution in [2.24, 2.45) is 0 Å². The molecule has 0 atom stereocenters. The Morgan fingerprint density at radius 1 is 1.15 bits per heavy atom. The van der Waals surface area contributed by atoms with Crippen LogP contribution in [-0.2, 0) is 11.3 Å². The number of rotatable bonds is 5. The van der Waals surface area contributed by atoms with Crippen LogP contribution in [0.3, 0.4) is 0 Å². The molecule has 0 saturated carbocycles. The molecule has 0 fully saturated rings. The lowest BCUT2D eigenvalue weighted by atomic mass is 10.1. The minimum atomic E-state index is -0.523. The Morgan fingerprint density at radius 2 is 1.92 bits per heavy atom. The number of carbonyl (C=O) groups excluding carboxylic acids is 1. The van der Waals surface area contributed by atoms with Crippen LogP contribution in [0.25, 0.3) is 17.0 Å². The number of carbonyl (C=O) groups is 1. The summed E-state index contributed by atoms with van der Waals surface area (Å²) < 4.78 is 6.31. The predicted molar refractivity (Wildman–Crippen MR) is 100 cm³/mol. The molecule has 0 aliphatic heterocycles. The third-order valence-electron chi connectivity index (χ3n) is 3.95. The molecule has 0 spiro atoms. The Morgan fingerprint density at radius 3 is 2.65 bits per heavy atom. The highest BCUT2D eigenvalue weighted by molar-refractivity contribution is 5.94. The average Bonchev–Trinajstić information content (AvgIpc) is 2.65. The average molecular weight is 350 g/mol. The Balaban J connectivity index is 1.75. The van der Waals surface area contributed by atoms with Crippen molar-refractivity contribution in [2.75, 3.05) is 6.61 Å². The molecule has 6 heteroatoms. The molecule has 0 aliphatic carbocycles. The molecule has 1 heterocycles. The van der Waals surface area contributed by atoms with Crippen molar-refractivity contribution >= 4 is 22.9 Å². The van der Waals surface area contributed by atoms with E-state index in [1.54, 1.807) is 13.0 Å². The second kappa shape index (κ2) is 7.65. The zero-order chi connectivity index (χ0) is 18.5. The number of esters is 1. The number of hydrogen-bond acceptors (Lipinski definition) is 4. The molecule has 0 saturated heterocycles. The molecule has 0 bridgehead atoms. The van der Waals surface area contributed by atoms with Gasteiger partial charge >= 0.3 is 11.7 Å². The van der Waals surface area contributed by atoms with Crippen molar-refractivity contribution in [3.63, 3.8) is 0 Å². The summed E-state index contributed by atoms with van der Waals surface area (Å²) in [5.41, 5.74) is 0.728.